The molecule has 8 heterocycles. The van der Waals surface area contributed by atoms with E-state index in [-0.39, 0.29) is 23.6 Å². The Balaban J connectivity index is 0.799. The van der Waals surface area contributed by atoms with Crippen LogP contribution < -0.4 is 20.3 Å². The minimum atomic E-state index is -0.000805. The Morgan fingerprint density at radius 3 is 2.22 bits per heavy atom. The summed E-state index contributed by atoms with van der Waals surface area (Å²) in [5, 5.41) is 41.9. The number of aromatic nitrogens is 8. The number of benzene rings is 2. The van der Waals surface area contributed by atoms with Gasteiger partial charge in [0.1, 0.15) is 23.4 Å². The molecule has 6 aromatic heterocycles. The van der Waals surface area contributed by atoms with Gasteiger partial charge in [-0.15, -0.1) is 0 Å². The summed E-state index contributed by atoms with van der Waals surface area (Å²) in [4.78, 5) is 21.9. The second-order valence-corrected chi connectivity index (χ2v) is 16.8. The van der Waals surface area contributed by atoms with E-state index in [0.717, 1.165) is 95.2 Å². The van der Waals surface area contributed by atoms with Gasteiger partial charge in [0.2, 0.25) is 0 Å². The van der Waals surface area contributed by atoms with Crippen molar-refractivity contribution in [2.75, 3.05) is 31.1 Å². The highest BCUT2D eigenvalue weighted by Gasteiger charge is 2.35. The quantitative estimate of drug-likeness (QED) is 0.138. The molecule has 14 nitrogen and oxygen atoms in total. The largest absolute Gasteiger partial charge is 0.507 e. The third-order valence-corrected chi connectivity index (χ3v) is 12.2. The summed E-state index contributed by atoms with van der Waals surface area (Å²) in [6.07, 6.45) is 10.8. The maximum absolute atomic E-state index is 11.0. The molecule has 4 N–H and O–H groups in total. The highest BCUT2D eigenvalue weighted by atomic mass is 16.5. The van der Waals surface area contributed by atoms with Crippen LogP contribution in [-0.4, -0.2) is 94.1 Å². The lowest BCUT2D eigenvalue weighted by Gasteiger charge is -2.40. The molecule has 2 saturated heterocycles. The summed E-state index contributed by atoms with van der Waals surface area (Å²) in [6.45, 7) is 5.64. The number of piperazine rings is 1. The van der Waals surface area contributed by atoms with E-state index in [1.807, 2.05) is 63.0 Å². The van der Waals surface area contributed by atoms with Gasteiger partial charge >= 0.3 is 0 Å². The summed E-state index contributed by atoms with van der Waals surface area (Å²) >= 11 is 0. The molecule has 4 atom stereocenters. The van der Waals surface area contributed by atoms with Crippen LogP contribution in [0.2, 0.25) is 0 Å². The van der Waals surface area contributed by atoms with Gasteiger partial charge in [-0.05, 0) is 80.1 Å². The topological polar surface area (TPSA) is 164 Å². The van der Waals surface area contributed by atoms with Gasteiger partial charge in [-0.25, -0.2) is 19.9 Å². The molecule has 8 aromatic rings. The highest BCUT2D eigenvalue weighted by Crippen LogP contribution is 2.45. The number of hydrogen-bond acceptors (Lipinski definition) is 12. The summed E-state index contributed by atoms with van der Waals surface area (Å²) in [5.74, 6) is 1.80. The van der Waals surface area contributed by atoms with Crippen LogP contribution >= 0.6 is 0 Å². The molecule has 59 heavy (non-hydrogen) atoms. The first-order valence-electron chi connectivity index (χ1n) is 20.5. The molecule has 2 aliphatic heterocycles. The number of aryl methyl sites for hydroxylation is 2. The van der Waals surface area contributed by atoms with Crippen molar-refractivity contribution in [2.24, 2.45) is 20.0 Å². The van der Waals surface area contributed by atoms with Crippen LogP contribution in [0.3, 0.4) is 0 Å². The third-order valence-electron chi connectivity index (χ3n) is 12.2. The molecule has 11 rings (SSSR count). The van der Waals surface area contributed by atoms with Gasteiger partial charge in [-0.3, -0.25) is 9.36 Å². The molecular formula is C45H45N11O3. The van der Waals surface area contributed by atoms with Crippen LogP contribution in [0.15, 0.2) is 79.4 Å². The highest BCUT2D eigenvalue weighted by molar-refractivity contribution is 5.91. The number of ether oxygens (including phenoxy) is 1. The average molecular weight is 788 g/mol. The summed E-state index contributed by atoms with van der Waals surface area (Å²) in [5.41, 5.74) is 7.87. The Morgan fingerprint density at radius 1 is 0.763 bits per heavy atom. The van der Waals surface area contributed by atoms with Crippen LogP contribution in [0.4, 0.5) is 5.69 Å². The van der Waals surface area contributed by atoms with Gasteiger partial charge in [0.25, 0.3) is 0 Å². The first-order valence-corrected chi connectivity index (χ1v) is 20.5. The molecule has 0 radical (unpaired) electrons. The minimum Gasteiger partial charge on any atom is -0.507 e. The number of nitrogens with one attached hydrogen (secondary N) is 2. The van der Waals surface area contributed by atoms with Crippen molar-refractivity contribution in [1.29, 1.82) is 0 Å². The van der Waals surface area contributed by atoms with Crippen LogP contribution in [0.25, 0.3) is 66.4 Å². The zero-order valence-corrected chi connectivity index (χ0v) is 33.2. The van der Waals surface area contributed by atoms with E-state index in [2.05, 4.69) is 49.8 Å². The van der Waals surface area contributed by atoms with Gasteiger partial charge in [0.05, 0.1) is 40.5 Å². The van der Waals surface area contributed by atoms with Gasteiger partial charge in [-0.2, -0.15) is 10.2 Å². The van der Waals surface area contributed by atoms with Gasteiger partial charge in [-0.1, -0.05) is 0 Å². The second-order valence-electron chi connectivity index (χ2n) is 16.8. The monoisotopic (exact) mass is 787 g/mol. The van der Waals surface area contributed by atoms with E-state index >= 15 is 0 Å². The number of hydrogen-bond donors (Lipinski definition) is 4. The van der Waals surface area contributed by atoms with Crippen molar-refractivity contribution in [3.63, 3.8) is 0 Å². The molecule has 0 amide bonds. The molecule has 3 fully saturated rings. The molecule has 2 aromatic carbocycles. The van der Waals surface area contributed by atoms with Crippen LogP contribution in [0.1, 0.15) is 37.7 Å². The average Bonchev–Trinajstić information content (AvgIpc) is 3.72. The molecule has 1 aliphatic carbocycles. The zero-order valence-electron chi connectivity index (χ0n) is 33.2. The minimum absolute atomic E-state index is 0.000805. The smallest absolute Gasteiger partial charge is 0.160 e. The Labute approximate surface area is 339 Å². The van der Waals surface area contributed by atoms with Crippen molar-refractivity contribution in [2.45, 2.75) is 50.3 Å². The Morgan fingerprint density at radius 2 is 1.47 bits per heavy atom. The first-order chi connectivity index (χ1) is 28.7. The van der Waals surface area contributed by atoms with Crippen LogP contribution in [0, 0.1) is 5.92 Å². The van der Waals surface area contributed by atoms with E-state index in [0.29, 0.717) is 46.0 Å². The molecule has 298 valence electrons. The molecular weight excluding hydrogens is 743 g/mol. The summed E-state index contributed by atoms with van der Waals surface area (Å²) in [7, 11) is 3.75. The van der Waals surface area contributed by atoms with E-state index in [1.165, 1.54) is 5.56 Å². The number of aromatic hydroxyl groups is 2. The third kappa shape index (κ3) is 6.71. The lowest BCUT2D eigenvalue weighted by atomic mass is 9.94. The maximum atomic E-state index is 11.0. The van der Waals surface area contributed by atoms with Crippen molar-refractivity contribution >= 4 is 49.6 Å². The predicted molar refractivity (Wildman–Crippen MR) is 228 cm³/mol. The van der Waals surface area contributed by atoms with Crippen molar-refractivity contribution < 1.29 is 14.9 Å². The number of phenols is 2. The predicted octanol–water partition coefficient (Wildman–Crippen LogP) is 6.19. The van der Waals surface area contributed by atoms with Crippen LogP contribution in [0.5, 0.6) is 17.2 Å². The second kappa shape index (κ2) is 13.9. The van der Waals surface area contributed by atoms with Gasteiger partial charge in [0, 0.05) is 115 Å². The standard InChI is InChI=1S/C45H45N11O3/c1-24-20-56(31-12-34-33(25-4-5-25)13-40(51-45(34)47-17-31)36-11-29-22-55(3)53-39(29)15-42(36)58)23-30(49-24)8-27-16-46-19-43(27)59-32-9-26-6-7-37(50-44(26)48-18-32)35-10-28-21-54(2)52-38(28)14-41(35)57/h6-7,9-15,17-18,21-22,24-25,27,30,43,46,49,57-58H,4-5,8,16,19-20,23H2,1-3H3. The van der Waals surface area contributed by atoms with E-state index in [4.69, 9.17) is 19.7 Å². The van der Waals surface area contributed by atoms with Gasteiger partial charge in [0.15, 0.2) is 11.3 Å². The zero-order chi connectivity index (χ0) is 39.9. The lowest BCUT2D eigenvalue weighted by molar-refractivity contribution is 0.156. The fourth-order valence-corrected chi connectivity index (χ4v) is 9.30. The molecule has 4 unspecified atom stereocenters. The number of phenolic OH excluding ortho intramolecular Hbond substituents is 2. The Kier molecular flexibility index (Phi) is 8.41. The molecule has 1 saturated carbocycles. The molecule has 3 aliphatic rings. The van der Waals surface area contributed by atoms with E-state index < -0.39 is 0 Å². The fourth-order valence-electron chi connectivity index (χ4n) is 9.30. The van der Waals surface area contributed by atoms with E-state index in [9.17, 15) is 10.2 Å². The molecule has 14 heteroatoms. The molecule has 0 spiro atoms. The normalized spacial score (nSPS) is 21.0. The lowest BCUT2D eigenvalue weighted by Crippen LogP contribution is -2.56. The van der Waals surface area contributed by atoms with E-state index in [1.54, 1.807) is 27.7 Å². The molecule has 0 bridgehead atoms. The van der Waals surface area contributed by atoms with Crippen molar-refractivity contribution in [3.8, 4) is 39.8 Å². The first kappa shape index (κ1) is 35.8. The number of nitrogens with zero attached hydrogens (tertiary/aromatic N) is 9. The number of anilines is 1. The number of pyridine rings is 4. The maximum Gasteiger partial charge on any atom is 0.160 e. The summed E-state index contributed by atoms with van der Waals surface area (Å²) in [6, 6.07) is 18.2. The number of rotatable bonds is 8. The van der Waals surface area contributed by atoms with Crippen LogP contribution in [-0.2, 0) is 14.1 Å². The number of fused-ring (bicyclic) bond motifs is 4. The van der Waals surface area contributed by atoms with Gasteiger partial charge < -0.3 is 30.5 Å². The summed E-state index contributed by atoms with van der Waals surface area (Å²) < 4.78 is 10.1. The van der Waals surface area contributed by atoms with Crippen molar-refractivity contribution in [3.05, 3.63) is 84.9 Å². The SMILES string of the molecule is CC1CN(c2cnc3nc(-c4cc5cn(C)nc5cc4O)cc(C4CC4)c3c2)CC(CC2CNCC2Oc2cnc3nc(-c4cc5cn(C)nc5cc4O)ccc3c2)N1. The van der Waals surface area contributed by atoms with Crippen molar-refractivity contribution in [1.82, 2.24) is 50.1 Å². The fraction of sp³-hybridized carbons (Fsp3) is 0.333. The Bertz CT molecular complexity index is 2940. The Hall–Kier alpha value is -6.38.